The van der Waals surface area contributed by atoms with Gasteiger partial charge in [0.2, 0.25) is 0 Å². The number of hydrogen-bond acceptors (Lipinski definition) is 4. The lowest BCUT2D eigenvalue weighted by Crippen LogP contribution is -2.12. The van der Waals surface area contributed by atoms with Crippen LogP contribution in [0.3, 0.4) is 0 Å². The van der Waals surface area contributed by atoms with Crippen molar-refractivity contribution in [3.63, 3.8) is 0 Å². The van der Waals surface area contributed by atoms with Gasteiger partial charge in [-0.25, -0.2) is 4.99 Å². The zero-order chi connectivity index (χ0) is 15.8. The second-order valence-corrected chi connectivity index (χ2v) is 5.13. The summed E-state index contributed by atoms with van der Waals surface area (Å²) >= 11 is 1.38. The fraction of sp³-hybridized carbons (Fsp3) is 0.176. The van der Waals surface area contributed by atoms with Crippen LogP contribution >= 0.6 is 11.8 Å². The molecule has 22 heavy (non-hydrogen) atoms. The number of benzene rings is 2. The lowest BCUT2D eigenvalue weighted by Gasteiger charge is -2.10. The zero-order valence-corrected chi connectivity index (χ0v) is 13.4. The molecule has 0 aliphatic carbocycles. The normalized spacial score (nSPS) is 10.9. The molecular weight excluding hydrogens is 294 g/mol. The summed E-state index contributed by atoms with van der Waals surface area (Å²) < 4.78 is 5.62. The Morgan fingerprint density at radius 3 is 2.64 bits per heavy atom. The molecule has 0 aromatic heterocycles. The Hall–Kier alpha value is -2.45. The van der Waals surface area contributed by atoms with Gasteiger partial charge in [0, 0.05) is 0 Å². The van der Waals surface area contributed by atoms with E-state index in [4.69, 9.17) is 10.00 Å². The SMILES string of the molecule is CCOc1ccc(-c2ccccc2)cc1N=C(NC#N)SC. The Morgan fingerprint density at radius 1 is 1.23 bits per heavy atom. The van der Waals surface area contributed by atoms with Crippen molar-refractivity contribution in [1.82, 2.24) is 5.32 Å². The van der Waals surface area contributed by atoms with Gasteiger partial charge in [-0.1, -0.05) is 48.2 Å². The van der Waals surface area contributed by atoms with Gasteiger partial charge in [0.15, 0.2) is 11.4 Å². The van der Waals surface area contributed by atoms with Crippen LogP contribution < -0.4 is 10.1 Å². The molecule has 2 aromatic carbocycles. The van der Waals surface area contributed by atoms with E-state index in [-0.39, 0.29) is 0 Å². The van der Waals surface area contributed by atoms with Crippen molar-refractivity contribution in [3.05, 3.63) is 48.5 Å². The smallest absolute Gasteiger partial charge is 0.183 e. The Bertz CT molecular complexity index is 693. The molecular formula is C17H17N3OS. The van der Waals surface area contributed by atoms with Crippen molar-refractivity contribution < 1.29 is 4.74 Å². The summed E-state index contributed by atoms with van der Waals surface area (Å²) in [6, 6.07) is 16.0. The highest BCUT2D eigenvalue weighted by Crippen LogP contribution is 2.33. The number of ether oxygens (including phenoxy) is 1. The van der Waals surface area contributed by atoms with E-state index < -0.39 is 0 Å². The zero-order valence-electron chi connectivity index (χ0n) is 12.5. The Morgan fingerprint density at radius 2 is 2.00 bits per heavy atom. The first-order valence-electron chi connectivity index (χ1n) is 6.88. The topological polar surface area (TPSA) is 57.4 Å². The van der Waals surface area contributed by atoms with E-state index in [1.54, 1.807) is 0 Å². The van der Waals surface area contributed by atoms with Gasteiger partial charge in [0.1, 0.15) is 11.4 Å². The third-order valence-electron chi connectivity index (χ3n) is 2.94. The minimum Gasteiger partial charge on any atom is -0.492 e. The van der Waals surface area contributed by atoms with Crippen molar-refractivity contribution in [3.8, 4) is 23.1 Å². The molecule has 0 bridgehead atoms. The molecule has 0 aliphatic heterocycles. The van der Waals surface area contributed by atoms with Crippen LogP contribution in [0.4, 0.5) is 5.69 Å². The first-order chi connectivity index (χ1) is 10.8. The maximum absolute atomic E-state index is 8.76. The van der Waals surface area contributed by atoms with Crippen molar-refractivity contribution in [2.45, 2.75) is 6.92 Å². The molecule has 1 N–H and O–H groups in total. The van der Waals surface area contributed by atoms with E-state index in [2.05, 4.69) is 10.3 Å². The third kappa shape index (κ3) is 4.03. The van der Waals surface area contributed by atoms with Gasteiger partial charge in [-0.3, -0.25) is 5.32 Å². The summed E-state index contributed by atoms with van der Waals surface area (Å²) in [5, 5.41) is 11.9. The Kier molecular flexibility index (Phi) is 5.87. The third-order valence-corrected chi connectivity index (χ3v) is 3.52. The Labute approximate surface area is 134 Å². The molecule has 112 valence electrons. The number of hydrogen-bond donors (Lipinski definition) is 1. The standard InChI is InChI=1S/C17H17N3OS/c1-3-21-16-10-9-14(13-7-5-4-6-8-13)11-15(16)20-17(22-2)19-12-18/h4-11H,3H2,1-2H3,(H,19,20). The van der Waals surface area contributed by atoms with Crippen LogP contribution in [0.1, 0.15) is 6.92 Å². The van der Waals surface area contributed by atoms with Crippen LogP contribution in [0.15, 0.2) is 53.5 Å². The molecule has 0 saturated carbocycles. The van der Waals surface area contributed by atoms with Crippen LogP contribution in [0, 0.1) is 11.5 Å². The Balaban J connectivity index is 2.46. The lowest BCUT2D eigenvalue weighted by molar-refractivity contribution is 0.341. The average molecular weight is 311 g/mol. The second kappa shape index (κ2) is 8.11. The second-order valence-electron chi connectivity index (χ2n) is 4.34. The van der Waals surface area contributed by atoms with Gasteiger partial charge < -0.3 is 4.74 Å². The lowest BCUT2D eigenvalue weighted by atomic mass is 10.0. The maximum Gasteiger partial charge on any atom is 0.183 e. The molecule has 4 nitrogen and oxygen atoms in total. The molecule has 2 aromatic rings. The molecule has 5 heteroatoms. The largest absolute Gasteiger partial charge is 0.492 e. The molecule has 0 saturated heterocycles. The van der Waals surface area contributed by atoms with Gasteiger partial charge in [0.25, 0.3) is 0 Å². The van der Waals surface area contributed by atoms with Crippen LogP contribution in [-0.2, 0) is 0 Å². The number of amidine groups is 1. The van der Waals surface area contributed by atoms with E-state index in [1.807, 2.05) is 67.9 Å². The van der Waals surface area contributed by atoms with E-state index in [1.165, 1.54) is 11.8 Å². The number of rotatable bonds is 4. The predicted octanol–water partition coefficient (Wildman–Crippen LogP) is 4.17. The highest BCUT2D eigenvalue weighted by atomic mass is 32.2. The van der Waals surface area contributed by atoms with Gasteiger partial charge in [-0.15, -0.1) is 0 Å². The van der Waals surface area contributed by atoms with Crippen molar-refractivity contribution in [2.75, 3.05) is 12.9 Å². The number of nitrogens with one attached hydrogen (secondary N) is 1. The van der Waals surface area contributed by atoms with E-state index in [0.717, 1.165) is 11.1 Å². The molecule has 2 rings (SSSR count). The number of aliphatic imine (C=N–C) groups is 1. The molecule has 0 amide bonds. The van der Waals surface area contributed by atoms with Crippen LogP contribution in [-0.4, -0.2) is 18.0 Å². The molecule has 0 aliphatic rings. The minimum absolute atomic E-state index is 0.536. The molecule has 0 fully saturated rings. The van der Waals surface area contributed by atoms with Gasteiger partial charge >= 0.3 is 0 Å². The van der Waals surface area contributed by atoms with Crippen LogP contribution in [0.2, 0.25) is 0 Å². The van der Waals surface area contributed by atoms with Gasteiger partial charge in [-0.2, -0.15) is 5.26 Å². The molecule has 0 spiro atoms. The first-order valence-corrected chi connectivity index (χ1v) is 8.11. The quantitative estimate of drug-likeness (QED) is 0.398. The fourth-order valence-corrected chi connectivity index (χ4v) is 2.31. The van der Waals surface area contributed by atoms with Gasteiger partial charge in [-0.05, 0) is 36.4 Å². The molecule has 0 atom stereocenters. The maximum atomic E-state index is 8.76. The van der Waals surface area contributed by atoms with Crippen LogP contribution in [0.5, 0.6) is 5.75 Å². The van der Waals surface area contributed by atoms with E-state index in [9.17, 15) is 0 Å². The number of nitriles is 1. The summed E-state index contributed by atoms with van der Waals surface area (Å²) in [6.07, 6.45) is 3.76. The first kappa shape index (κ1) is 15.9. The molecule has 0 heterocycles. The van der Waals surface area contributed by atoms with Crippen molar-refractivity contribution in [1.29, 1.82) is 5.26 Å². The average Bonchev–Trinajstić information content (AvgIpc) is 2.57. The highest BCUT2D eigenvalue weighted by Gasteiger charge is 2.07. The molecule has 0 radical (unpaired) electrons. The van der Waals surface area contributed by atoms with Gasteiger partial charge in [0.05, 0.1) is 6.61 Å². The number of nitrogens with zero attached hydrogens (tertiary/aromatic N) is 2. The minimum atomic E-state index is 0.536. The summed E-state index contributed by atoms with van der Waals surface area (Å²) in [5.41, 5.74) is 2.87. The summed E-state index contributed by atoms with van der Waals surface area (Å²) in [7, 11) is 0. The fourth-order valence-electron chi connectivity index (χ4n) is 1.97. The predicted molar refractivity (Wildman–Crippen MR) is 92.4 cm³/mol. The molecule has 0 unspecified atom stereocenters. The summed E-state index contributed by atoms with van der Waals surface area (Å²) in [6.45, 7) is 2.50. The highest BCUT2D eigenvalue weighted by molar-refractivity contribution is 8.13. The number of thioether (sulfide) groups is 1. The monoisotopic (exact) mass is 311 g/mol. The summed E-state index contributed by atoms with van der Waals surface area (Å²) in [4.78, 5) is 4.49. The van der Waals surface area contributed by atoms with E-state index >= 15 is 0 Å². The van der Waals surface area contributed by atoms with Crippen LogP contribution in [0.25, 0.3) is 11.1 Å². The van der Waals surface area contributed by atoms with Crippen molar-refractivity contribution in [2.24, 2.45) is 4.99 Å². The summed E-state index contributed by atoms with van der Waals surface area (Å²) in [5.74, 6) is 0.702. The van der Waals surface area contributed by atoms with E-state index in [0.29, 0.717) is 23.2 Å². The van der Waals surface area contributed by atoms with Crippen molar-refractivity contribution >= 4 is 22.6 Å².